The largest absolute Gasteiger partial charge is 0.490 e. The maximum absolute atomic E-state index is 13.0. The number of fused-ring (bicyclic) bond motifs is 1. The molecule has 3 aromatic rings. The fourth-order valence-corrected chi connectivity index (χ4v) is 4.86. The molecule has 4 rings (SSSR count). The molecule has 7 heteroatoms. The van der Waals surface area contributed by atoms with Crippen LogP contribution in [-0.4, -0.2) is 32.2 Å². The lowest BCUT2D eigenvalue weighted by atomic mass is 10.1. The summed E-state index contributed by atoms with van der Waals surface area (Å²) in [7, 11) is 1.35. The van der Waals surface area contributed by atoms with Gasteiger partial charge in [-0.05, 0) is 49.1 Å². The Hall–Kier alpha value is -3.32. The molecule has 1 N–H and O–H groups in total. The lowest BCUT2D eigenvalue weighted by Crippen LogP contribution is -2.17. The topological polar surface area (TPSA) is 73.9 Å². The number of amides is 1. The summed E-state index contributed by atoms with van der Waals surface area (Å²) < 4.78 is 16.4. The van der Waals surface area contributed by atoms with Gasteiger partial charge in [-0.15, -0.1) is 11.3 Å². The summed E-state index contributed by atoms with van der Waals surface area (Å²) in [6.45, 7) is 0.643. The third kappa shape index (κ3) is 4.72. The zero-order chi connectivity index (χ0) is 21.6. The SMILES string of the molecule is COC(=O)c1c(NC(=O)c2ccccc2OCCOc2ccccc2)sc2c1CCC2. The molecular weight excluding hydrogens is 414 g/mol. The number of carbonyl (C=O) groups excluding carboxylic acids is 2. The van der Waals surface area contributed by atoms with Crippen LogP contribution in [0.4, 0.5) is 5.00 Å². The van der Waals surface area contributed by atoms with Gasteiger partial charge in [0, 0.05) is 4.88 Å². The number of para-hydroxylation sites is 2. The van der Waals surface area contributed by atoms with Crippen LogP contribution < -0.4 is 14.8 Å². The lowest BCUT2D eigenvalue weighted by Gasteiger charge is -2.12. The molecule has 0 bridgehead atoms. The van der Waals surface area contributed by atoms with Crippen LogP contribution in [0.2, 0.25) is 0 Å². The highest BCUT2D eigenvalue weighted by Crippen LogP contribution is 2.39. The number of hydrogen-bond donors (Lipinski definition) is 1. The molecule has 0 atom stereocenters. The normalized spacial score (nSPS) is 12.2. The quantitative estimate of drug-likeness (QED) is 0.407. The molecule has 2 aromatic carbocycles. The number of benzene rings is 2. The number of hydrogen-bond acceptors (Lipinski definition) is 6. The van der Waals surface area contributed by atoms with E-state index in [1.165, 1.54) is 18.4 Å². The Kier molecular flexibility index (Phi) is 6.52. The molecule has 0 fully saturated rings. The average molecular weight is 438 g/mol. The molecule has 0 saturated carbocycles. The van der Waals surface area contributed by atoms with Crippen LogP contribution in [-0.2, 0) is 17.6 Å². The zero-order valence-corrected chi connectivity index (χ0v) is 18.0. The number of aryl methyl sites for hydroxylation is 1. The minimum absolute atomic E-state index is 0.292. The molecule has 1 aliphatic rings. The van der Waals surface area contributed by atoms with E-state index in [1.807, 2.05) is 36.4 Å². The van der Waals surface area contributed by atoms with Crippen molar-refractivity contribution in [2.45, 2.75) is 19.3 Å². The monoisotopic (exact) mass is 437 g/mol. The number of methoxy groups -OCH3 is 1. The first-order chi connectivity index (χ1) is 15.2. The highest BCUT2D eigenvalue weighted by molar-refractivity contribution is 7.17. The Morgan fingerprint density at radius 1 is 0.968 bits per heavy atom. The van der Waals surface area contributed by atoms with Crippen LogP contribution in [0.25, 0.3) is 0 Å². The molecule has 1 aliphatic carbocycles. The van der Waals surface area contributed by atoms with E-state index in [2.05, 4.69) is 5.32 Å². The summed E-state index contributed by atoms with van der Waals surface area (Å²) >= 11 is 1.45. The van der Waals surface area contributed by atoms with E-state index in [1.54, 1.807) is 18.2 Å². The number of nitrogens with one attached hydrogen (secondary N) is 1. The van der Waals surface area contributed by atoms with Crippen molar-refractivity contribution in [1.29, 1.82) is 0 Å². The van der Waals surface area contributed by atoms with Crippen molar-refractivity contribution in [3.05, 3.63) is 76.2 Å². The van der Waals surface area contributed by atoms with Gasteiger partial charge in [-0.25, -0.2) is 4.79 Å². The molecular formula is C24H23NO5S. The number of anilines is 1. The van der Waals surface area contributed by atoms with Crippen molar-refractivity contribution in [3.8, 4) is 11.5 Å². The highest BCUT2D eigenvalue weighted by Gasteiger charge is 2.28. The lowest BCUT2D eigenvalue weighted by molar-refractivity contribution is 0.0601. The van der Waals surface area contributed by atoms with Crippen molar-refractivity contribution >= 4 is 28.2 Å². The van der Waals surface area contributed by atoms with E-state index in [-0.39, 0.29) is 5.91 Å². The fourth-order valence-electron chi connectivity index (χ4n) is 3.59. The van der Waals surface area contributed by atoms with Gasteiger partial charge in [0.05, 0.1) is 18.2 Å². The van der Waals surface area contributed by atoms with E-state index >= 15 is 0 Å². The Labute approximate surface area is 184 Å². The van der Waals surface area contributed by atoms with Gasteiger partial charge in [0.2, 0.25) is 0 Å². The maximum Gasteiger partial charge on any atom is 0.341 e. The van der Waals surface area contributed by atoms with Gasteiger partial charge in [-0.2, -0.15) is 0 Å². The Morgan fingerprint density at radius 3 is 2.52 bits per heavy atom. The number of ether oxygens (including phenoxy) is 3. The van der Waals surface area contributed by atoms with E-state index in [4.69, 9.17) is 14.2 Å². The minimum Gasteiger partial charge on any atom is -0.490 e. The standard InChI is InChI=1S/C24H23NO5S/c1-28-24(27)21-18-11-7-13-20(18)31-23(21)25-22(26)17-10-5-6-12-19(17)30-15-14-29-16-8-3-2-4-9-16/h2-6,8-10,12H,7,11,13-15H2,1H3,(H,25,26). The first-order valence-corrected chi connectivity index (χ1v) is 10.9. The van der Waals surface area contributed by atoms with Crippen LogP contribution >= 0.6 is 11.3 Å². The molecule has 6 nitrogen and oxygen atoms in total. The van der Waals surface area contributed by atoms with Gasteiger partial charge < -0.3 is 19.5 Å². The molecule has 0 spiro atoms. The van der Waals surface area contributed by atoms with E-state index in [0.717, 1.165) is 35.5 Å². The predicted molar refractivity (Wildman–Crippen MR) is 120 cm³/mol. The number of carbonyl (C=O) groups is 2. The van der Waals surface area contributed by atoms with Gasteiger partial charge in [0.25, 0.3) is 5.91 Å². The molecule has 1 aromatic heterocycles. The minimum atomic E-state index is -0.419. The summed E-state index contributed by atoms with van der Waals surface area (Å²) in [5.41, 5.74) is 1.87. The van der Waals surface area contributed by atoms with Crippen molar-refractivity contribution in [1.82, 2.24) is 0 Å². The average Bonchev–Trinajstić information content (AvgIpc) is 3.38. The van der Waals surface area contributed by atoms with Crippen LogP contribution in [0.5, 0.6) is 11.5 Å². The van der Waals surface area contributed by atoms with Crippen LogP contribution in [0, 0.1) is 0 Å². The van der Waals surface area contributed by atoms with Gasteiger partial charge in [-0.3, -0.25) is 4.79 Å². The molecule has 160 valence electrons. The third-order valence-corrected chi connectivity index (χ3v) is 6.23. The van der Waals surface area contributed by atoms with E-state index in [0.29, 0.717) is 35.1 Å². The maximum atomic E-state index is 13.0. The van der Waals surface area contributed by atoms with Gasteiger partial charge >= 0.3 is 5.97 Å². The molecule has 0 unspecified atom stereocenters. The number of thiophene rings is 1. The summed E-state index contributed by atoms with van der Waals surface area (Å²) in [5.74, 6) is 0.473. The fraction of sp³-hybridized carbons (Fsp3) is 0.250. The summed E-state index contributed by atoms with van der Waals surface area (Å²) in [6, 6.07) is 16.5. The molecule has 1 heterocycles. The third-order valence-electron chi connectivity index (χ3n) is 5.02. The zero-order valence-electron chi connectivity index (χ0n) is 17.2. The molecule has 0 radical (unpaired) electrons. The van der Waals surface area contributed by atoms with Crippen molar-refractivity contribution in [2.75, 3.05) is 25.6 Å². The second-order valence-corrected chi connectivity index (χ2v) is 8.12. The van der Waals surface area contributed by atoms with Gasteiger partial charge in [0.15, 0.2) is 0 Å². The van der Waals surface area contributed by atoms with Crippen LogP contribution in [0.3, 0.4) is 0 Å². The first-order valence-electron chi connectivity index (χ1n) is 10.1. The Morgan fingerprint density at radius 2 is 1.71 bits per heavy atom. The molecule has 31 heavy (non-hydrogen) atoms. The predicted octanol–water partition coefficient (Wildman–Crippen LogP) is 4.73. The Balaban J connectivity index is 1.44. The number of esters is 1. The summed E-state index contributed by atoms with van der Waals surface area (Å²) in [5, 5.41) is 3.43. The van der Waals surface area contributed by atoms with Crippen molar-refractivity contribution in [3.63, 3.8) is 0 Å². The summed E-state index contributed by atoms with van der Waals surface area (Å²) in [6.07, 6.45) is 2.76. The second kappa shape index (κ2) is 9.66. The van der Waals surface area contributed by atoms with Crippen molar-refractivity contribution < 1.29 is 23.8 Å². The number of rotatable bonds is 8. The first kappa shape index (κ1) is 20.9. The highest BCUT2D eigenvalue weighted by atomic mass is 32.1. The Bertz CT molecular complexity index is 1080. The second-order valence-electron chi connectivity index (χ2n) is 7.01. The smallest absolute Gasteiger partial charge is 0.341 e. The van der Waals surface area contributed by atoms with Crippen molar-refractivity contribution in [2.24, 2.45) is 0 Å². The summed E-state index contributed by atoms with van der Waals surface area (Å²) in [4.78, 5) is 26.5. The van der Waals surface area contributed by atoms with Gasteiger partial charge in [-0.1, -0.05) is 30.3 Å². The molecule has 0 saturated heterocycles. The van der Waals surface area contributed by atoms with Crippen LogP contribution in [0.15, 0.2) is 54.6 Å². The van der Waals surface area contributed by atoms with E-state index < -0.39 is 5.97 Å². The molecule has 0 aliphatic heterocycles. The molecule has 1 amide bonds. The van der Waals surface area contributed by atoms with Crippen LogP contribution in [0.1, 0.15) is 37.6 Å². The van der Waals surface area contributed by atoms with Gasteiger partial charge in [0.1, 0.15) is 29.7 Å². The van der Waals surface area contributed by atoms with E-state index in [9.17, 15) is 9.59 Å².